The lowest BCUT2D eigenvalue weighted by molar-refractivity contribution is -0.142. The molecule has 4 atom stereocenters. The van der Waals surface area contributed by atoms with E-state index < -0.39 is 35.9 Å². The first kappa shape index (κ1) is 23.9. The first-order valence-electron chi connectivity index (χ1n) is 9.90. The van der Waals surface area contributed by atoms with Crippen LogP contribution in [-0.2, 0) is 19.2 Å². The monoisotopic (exact) mass is 398 g/mol. The lowest BCUT2D eigenvalue weighted by Gasteiger charge is -2.27. The van der Waals surface area contributed by atoms with Crippen LogP contribution in [0.4, 0.5) is 0 Å². The molecule has 1 saturated heterocycles. The predicted molar refractivity (Wildman–Crippen MR) is 104 cm³/mol. The summed E-state index contributed by atoms with van der Waals surface area (Å²) in [6.45, 7) is 9.57. The molecule has 0 spiro atoms. The van der Waals surface area contributed by atoms with Crippen molar-refractivity contribution in [2.45, 2.75) is 78.0 Å². The van der Waals surface area contributed by atoms with Crippen molar-refractivity contribution >= 4 is 23.7 Å². The van der Waals surface area contributed by atoms with Gasteiger partial charge in [0.25, 0.3) is 0 Å². The summed E-state index contributed by atoms with van der Waals surface area (Å²) < 4.78 is 0. The van der Waals surface area contributed by atoms with Gasteiger partial charge in [-0.1, -0.05) is 27.7 Å². The molecule has 9 nitrogen and oxygen atoms in total. The fourth-order valence-corrected chi connectivity index (χ4v) is 3.04. The smallest absolute Gasteiger partial charge is 0.325 e. The van der Waals surface area contributed by atoms with Gasteiger partial charge in [-0.15, -0.1) is 0 Å². The number of carbonyl (C=O) groups excluding carboxylic acids is 3. The second-order valence-corrected chi connectivity index (χ2v) is 8.14. The number of nitrogens with one attached hydrogen (secondary N) is 4. The van der Waals surface area contributed by atoms with Crippen LogP contribution in [-0.4, -0.2) is 59.5 Å². The molecule has 5 N–H and O–H groups in total. The van der Waals surface area contributed by atoms with Crippen LogP contribution < -0.4 is 21.3 Å². The lowest BCUT2D eigenvalue weighted by atomic mass is 9.99. The van der Waals surface area contributed by atoms with E-state index in [-0.39, 0.29) is 23.8 Å². The molecule has 0 saturated carbocycles. The van der Waals surface area contributed by atoms with Gasteiger partial charge in [-0.05, 0) is 44.6 Å². The van der Waals surface area contributed by atoms with Crippen molar-refractivity contribution in [2.75, 3.05) is 6.54 Å². The van der Waals surface area contributed by atoms with E-state index >= 15 is 0 Å². The molecule has 0 aromatic carbocycles. The van der Waals surface area contributed by atoms with Gasteiger partial charge in [0.2, 0.25) is 17.7 Å². The van der Waals surface area contributed by atoms with Gasteiger partial charge in [-0.25, -0.2) is 0 Å². The van der Waals surface area contributed by atoms with Crippen molar-refractivity contribution in [3.63, 3.8) is 0 Å². The Kier molecular flexibility index (Phi) is 9.37. The highest BCUT2D eigenvalue weighted by Crippen LogP contribution is 2.10. The van der Waals surface area contributed by atoms with Crippen LogP contribution in [0.15, 0.2) is 0 Å². The van der Waals surface area contributed by atoms with Crippen molar-refractivity contribution in [1.82, 2.24) is 21.3 Å². The topological polar surface area (TPSA) is 137 Å². The van der Waals surface area contributed by atoms with Crippen LogP contribution in [0, 0.1) is 11.8 Å². The molecule has 28 heavy (non-hydrogen) atoms. The van der Waals surface area contributed by atoms with E-state index in [1.165, 1.54) is 6.92 Å². The molecule has 4 unspecified atom stereocenters. The van der Waals surface area contributed by atoms with E-state index in [4.69, 9.17) is 5.11 Å². The number of carboxylic acid groups (broad SMARTS) is 1. The van der Waals surface area contributed by atoms with Gasteiger partial charge in [0, 0.05) is 0 Å². The Morgan fingerprint density at radius 1 is 1.00 bits per heavy atom. The molecule has 0 aromatic rings. The van der Waals surface area contributed by atoms with Crippen molar-refractivity contribution in [3.8, 4) is 0 Å². The standard InChI is InChI=1S/C19H34N4O5/c1-10(2)9-14(17(25)21-12(5)19(27)28)22-18(26)15(11(3)4)23-16(24)13-7-6-8-20-13/h10-15,20H,6-9H2,1-5H3,(H,21,25)(H,22,26)(H,23,24)(H,27,28). The average Bonchev–Trinajstić information content (AvgIpc) is 3.12. The van der Waals surface area contributed by atoms with Crippen LogP contribution in [0.3, 0.4) is 0 Å². The molecule has 9 heteroatoms. The maximum absolute atomic E-state index is 12.8. The molecule has 1 fully saturated rings. The van der Waals surface area contributed by atoms with Crippen molar-refractivity contribution in [3.05, 3.63) is 0 Å². The number of rotatable bonds is 10. The summed E-state index contributed by atoms with van der Waals surface area (Å²) in [4.78, 5) is 48.7. The summed E-state index contributed by atoms with van der Waals surface area (Å²) in [5, 5.41) is 19.9. The number of hydrogen-bond acceptors (Lipinski definition) is 5. The average molecular weight is 399 g/mol. The zero-order valence-electron chi connectivity index (χ0n) is 17.4. The van der Waals surface area contributed by atoms with Gasteiger partial charge in [0.05, 0.1) is 6.04 Å². The summed E-state index contributed by atoms with van der Waals surface area (Å²) in [6, 6.07) is -3.03. The highest BCUT2D eigenvalue weighted by molar-refractivity contribution is 5.94. The van der Waals surface area contributed by atoms with Crippen LogP contribution in [0.2, 0.25) is 0 Å². The zero-order valence-corrected chi connectivity index (χ0v) is 17.4. The number of hydrogen-bond donors (Lipinski definition) is 5. The van der Waals surface area contributed by atoms with Gasteiger partial charge in [0.1, 0.15) is 18.1 Å². The van der Waals surface area contributed by atoms with Gasteiger partial charge in [-0.2, -0.15) is 0 Å². The molecule has 1 rings (SSSR count). The quantitative estimate of drug-likeness (QED) is 0.351. The van der Waals surface area contributed by atoms with Gasteiger partial charge >= 0.3 is 5.97 Å². The summed E-state index contributed by atoms with van der Waals surface area (Å²) >= 11 is 0. The number of aliphatic carboxylic acids is 1. The first-order chi connectivity index (χ1) is 13.0. The van der Waals surface area contributed by atoms with E-state index in [0.29, 0.717) is 6.42 Å². The van der Waals surface area contributed by atoms with Crippen LogP contribution in [0.25, 0.3) is 0 Å². The Morgan fingerprint density at radius 2 is 1.64 bits per heavy atom. The minimum absolute atomic E-state index is 0.103. The fraction of sp³-hybridized carbons (Fsp3) is 0.789. The second-order valence-electron chi connectivity index (χ2n) is 8.14. The van der Waals surface area contributed by atoms with E-state index in [1.807, 2.05) is 27.7 Å². The largest absolute Gasteiger partial charge is 0.480 e. The lowest BCUT2D eigenvalue weighted by Crippen LogP contribution is -2.58. The molecule has 160 valence electrons. The third-order valence-corrected chi connectivity index (χ3v) is 4.69. The number of carboxylic acids is 1. The molecule has 0 aromatic heterocycles. The van der Waals surface area contributed by atoms with Crippen LogP contribution in [0.1, 0.15) is 53.9 Å². The minimum atomic E-state index is -1.15. The van der Waals surface area contributed by atoms with Gasteiger partial charge < -0.3 is 26.4 Å². The van der Waals surface area contributed by atoms with Gasteiger partial charge in [0.15, 0.2) is 0 Å². The van der Waals surface area contributed by atoms with Crippen molar-refractivity contribution in [1.29, 1.82) is 0 Å². The Morgan fingerprint density at radius 3 is 2.11 bits per heavy atom. The Labute approximate surface area is 166 Å². The summed E-state index contributed by atoms with van der Waals surface area (Å²) in [6.07, 6.45) is 1.99. The molecule has 0 bridgehead atoms. The van der Waals surface area contributed by atoms with Crippen molar-refractivity contribution < 1.29 is 24.3 Å². The third kappa shape index (κ3) is 7.46. The first-order valence-corrected chi connectivity index (χ1v) is 9.90. The molecule has 1 aliphatic rings. The third-order valence-electron chi connectivity index (χ3n) is 4.69. The molecule has 1 heterocycles. The molecular formula is C19H34N4O5. The molecule has 0 aliphatic carbocycles. The number of carbonyl (C=O) groups is 4. The normalized spacial score (nSPS) is 19.8. The van der Waals surface area contributed by atoms with Crippen molar-refractivity contribution in [2.24, 2.45) is 11.8 Å². The van der Waals surface area contributed by atoms with E-state index in [1.54, 1.807) is 0 Å². The van der Waals surface area contributed by atoms with E-state index in [2.05, 4.69) is 21.3 Å². The highest BCUT2D eigenvalue weighted by Gasteiger charge is 2.32. The zero-order chi connectivity index (χ0) is 21.4. The summed E-state index contributed by atoms with van der Waals surface area (Å²) in [7, 11) is 0. The Hall–Kier alpha value is -2.16. The molecule has 3 amide bonds. The minimum Gasteiger partial charge on any atom is -0.480 e. The molecule has 0 radical (unpaired) electrons. The van der Waals surface area contributed by atoms with Crippen LogP contribution >= 0.6 is 0 Å². The maximum Gasteiger partial charge on any atom is 0.325 e. The van der Waals surface area contributed by atoms with E-state index in [0.717, 1.165) is 19.4 Å². The summed E-state index contributed by atoms with van der Waals surface area (Å²) in [5.41, 5.74) is 0. The van der Waals surface area contributed by atoms with Crippen LogP contribution in [0.5, 0.6) is 0 Å². The SMILES string of the molecule is CC(C)CC(NC(=O)C(NC(=O)C1CCCN1)C(C)C)C(=O)NC(C)C(=O)O. The number of amides is 3. The predicted octanol–water partition coefficient (Wildman–Crippen LogP) is -0.000600. The highest BCUT2D eigenvalue weighted by atomic mass is 16.4. The van der Waals surface area contributed by atoms with Gasteiger partial charge in [-0.3, -0.25) is 19.2 Å². The second kappa shape index (κ2) is 11.0. The Bertz CT molecular complexity index is 573. The molecule has 1 aliphatic heterocycles. The van der Waals surface area contributed by atoms with E-state index in [9.17, 15) is 19.2 Å². The maximum atomic E-state index is 12.8. The fourth-order valence-electron chi connectivity index (χ4n) is 3.04. The molecular weight excluding hydrogens is 364 g/mol. The summed E-state index contributed by atoms with van der Waals surface area (Å²) in [5.74, 6) is -2.46. The Balaban J connectivity index is 2.81.